The van der Waals surface area contributed by atoms with Crippen molar-refractivity contribution in [2.75, 3.05) is 11.5 Å². The van der Waals surface area contributed by atoms with E-state index in [1.165, 1.54) is 6.20 Å². The molecule has 0 aliphatic carbocycles. The van der Waals surface area contributed by atoms with Crippen LogP contribution in [0.1, 0.15) is 5.56 Å². The van der Waals surface area contributed by atoms with E-state index in [1.807, 2.05) is 0 Å². The lowest BCUT2D eigenvalue weighted by atomic mass is 10.2. The second-order valence-corrected chi connectivity index (χ2v) is 3.42. The van der Waals surface area contributed by atoms with E-state index in [9.17, 15) is 0 Å². The molecule has 5 heteroatoms. The standard InChI is InChI=1S/C12H12N4O/c13-7-10-11(5-6-16-12(10)15)17-9-3-1-8(14)2-4-9/h1-7,13H,14H2,(H2,15,16). The van der Waals surface area contributed by atoms with Crippen LogP contribution < -0.4 is 16.2 Å². The molecule has 5 nitrogen and oxygen atoms in total. The van der Waals surface area contributed by atoms with Crippen LogP contribution in [-0.4, -0.2) is 11.2 Å². The number of rotatable bonds is 3. The predicted molar refractivity (Wildman–Crippen MR) is 67.5 cm³/mol. The third kappa shape index (κ3) is 2.34. The summed E-state index contributed by atoms with van der Waals surface area (Å²) < 4.78 is 5.61. The Bertz CT molecular complexity index is 537. The lowest BCUT2D eigenvalue weighted by molar-refractivity contribution is 0.481. The fourth-order valence-corrected chi connectivity index (χ4v) is 1.37. The molecule has 2 rings (SSSR count). The van der Waals surface area contributed by atoms with Crippen LogP contribution in [-0.2, 0) is 0 Å². The van der Waals surface area contributed by atoms with E-state index in [0.717, 1.165) is 6.21 Å². The van der Waals surface area contributed by atoms with Crippen LogP contribution in [0.3, 0.4) is 0 Å². The molecule has 2 aromatic rings. The van der Waals surface area contributed by atoms with Gasteiger partial charge in [-0.3, -0.25) is 0 Å². The molecule has 0 amide bonds. The summed E-state index contributed by atoms with van der Waals surface area (Å²) in [4.78, 5) is 3.89. The number of benzene rings is 1. The highest BCUT2D eigenvalue weighted by molar-refractivity contribution is 5.87. The van der Waals surface area contributed by atoms with Crippen LogP contribution in [0.4, 0.5) is 11.5 Å². The van der Waals surface area contributed by atoms with E-state index in [0.29, 0.717) is 22.7 Å². The Kier molecular flexibility index (Phi) is 2.91. The zero-order chi connectivity index (χ0) is 12.3. The van der Waals surface area contributed by atoms with Gasteiger partial charge in [0.1, 0.15) is 17.3 Å². The topological polar surface area (TPSA) is 98.0 Å². The average Bonchev–Trinajstić information content (AvgIpc) is 2.32. The van der Waals surface area contributed by atoms with Gasteiger partial charge >= 0.3 is 0 Å². The highest BCUT2D eigenvalue weighted by Crippen LogP contribution is 2.26. The molecule has 0 saturated heterocycles. The van der Waals surface area contributed by atoms with Gasteiger partial charge in [0.05, 0.1) is 5.56 Å². The Labute approximate surface area is 98.6 Å². The zero-order valence-electron chi connectivity index (χ0n) is 9.05. The number of nitrogens with two attached hydrogens (primary N) is 2. The first-order valence-electron chi connectivity index (χ1n) is 4.99. The fourth-order valence-electron chi connectivity index (χ4n) is 1.37. The molecule has 0 bridgehead atoms. The van der Waals surface area contributed by atoms with E-state index in [2.05, 4.69) is 4.98 Å². The molecule has 1 aromatic heterocycles. The van der Waals surface area contributed by atoms with Gasteiger partial charge in [-0.25, -0.2) is 4.98 Å². The van der Waals surface area contributed by atoms with Crippen molar-refractivity contribution in [2.45, 2.75) is 0 Å². The number of hydrogen-bond acceptors (Lipinski definition) is 5. The average molecular weight is 228 g/mol. The number of hydrogen-bond donors (Lipinski definition) is 3. The number of nitrogen functional groups attached to an aromatic ring is 2. The highest BCUT2D eigenvalue weighted by Gasteiger charge is 2.06. The Hall–Kier alpha value is -2.56. The van der Waals surface area contributed by atoms with Crippen LogP contribution in [0.25, 0.3) is 0 Å². The van der Waals surface area contributed by atoms with Crippen LogP contribution in [0.15, 0.2) is 36.5 Å². The molecule has 0 aliphatic heterocycles. The van der Waals surface area contributed by atoms with Crippen molar-refractivity contribution >= 4 is 17.7 Å². The molecule has 1 heterocycles. The summed E-state index contributed by atoms with van der Waals surface area (Å²) in [5, 5.41) is 7.28. The smallest absolute Gasteiger partial charge is 0.141 e. The van der Waals surface area contributed by atoms with Crippen molar-refractivity contribution in [2.24, 2.45) is 0 Å². The molecule has 5 N–H and O–H groups in total. The summed E-state index contributed by atoms with van der Waals surface area (Å²) in [7, 11) is 0. The molecule has 0 fully saturated rings. The van der Waals surface area contributed by atoms with E-state index in [-0.39, 0.29) is 5.82 Å². The van der Waals surface area contributed by atoms with Gasteiger partial charge in [-0.2, -0.15) is 0 Å². The molecular formula is C12H12N4O. The Balaban J connectivity index is 2.33. The van der Waals surface area contributed by atoms with Gasteiger partial charge in [0, 0.05) is 18.1 Å². The lowest BCUT2D eigenvalue weighted by Crippen LogP contribution is -1.99. The third-order valence-corrected chi connectivity index (χ3v) is 2.23. The number of ether oxygens (including phenoxy) is 1. The van der Waals surface area contributed by atoms with Gasteiger partial charge in [0.25, 0.3) is 0 Å². The van der Waals surface area contributed by atoms with Crippen LogP contribution in [0.5, 0.6) is 11.5 Å². The minimum atomic E-state index is 0.271. The predicted octanol–water partition coefficient (Wildman–Crippen LogP) is 2.04. The van der Waals surface area contributed by atoms with Gasteiger partial charge < -0.3 is 21.6 Å². The van der Waals surface area contributed by atoms with E-state index in [1.54, 1.807) is 30.3 Å². The number of aromatic nitrogens is 1. The number of nitrogens with zero attached hydrogens (tertiary/aromatic N) is 1. The van der Waals surface area contributed by atoms with E-state index >= 15 is 0 Å². The maximum absolute atomic E-state index is 7.28. The summed E-state index contributed by atoms with van der Waals surface area (Å²) >= 11 is 0. The molecule has 0 aliphatic rings. The van der Waals surface area contributed by atoms with Gasteiger partial charge in [-0.1, -0.05) is 0 Å². The van der Waals surface area contributed by atoms with Crippen molar-refractivity contribution in [1.29, 1.82) is 5.41 Å². The monoisotopic (exact) mass is 228 g/mol. The molecule has 86 valence electrons. The van der Waals surface area contributed by atoms with Gasteiger partial charge in [0.2, 0.25) is 0 Å². The van der Waals surface area contributed by atoms with E-state index < -0.39 is 0 Å². The molecule has 1 aromatic carbocycles. The van der Waals surface area contributed by atoms with Crippen LogP contribution >= 0.6 is 0 Å². The van der Waals surface area contributed by atoms with Crippen molar-refractivity contribution < 1.29 is 4.74 Å². The van der Waals surface area contributed by atoms with Crippen molar-refractivity contribution in [1.82, 2.24) is 4.98 Å². The first kappa shape index (κ1) is 10.9. The molecule has 0 saturated carbocycles. The summed E-state index contributed by atoms with van der Waals surface area (Å²) in [5.41, 5.74) is 12.4. The summed E-state index contributed by atoms with van der Waals surface area (Å²) in [6, 6.07) is 8.64. The third-order valence-electron chi connectivity index (χ3n) is 2.23. The maximum Gasteiger partial charge on any atom is 0.141 e. The lowest BCUT2D eigenvalue weighted by Gasteiger charge is -2.09. The number of anilines is 2. The van der Waals surface area contributed by atoms with E-state index in [4.69, 9.17) is 21.6 Å². The van der Waals surface area contributed by atoms with Crippen LogP contribution in [0.2, 0.25) is 0 Å². The zero-order valence-corrected chi connectivity index (χ0v) is 9.05. The van der Waals surface area contributed by atoms with Crippen molar-refractivity contribution in [3.8, 4) is 11.5 Å². The minimum absolute atomic E-state index is 0.271. The summed E-state index contributed by atoms with van der Waals surface area (Å²) in [6.07, 6.45) is 2.66. The normalized spacial score (nSPS) is 9.88. The quantitative estimate of drug-likeness (QED) is 0.553. The molecular weight excluding hydrogens is 216 g/mol. The van der Waals surface area contributed by atoms with Crippen molar-refractivity contribution in [3.05, 3.63) is 42.1 Å². The molecule has 0 unspecified atom stereocenters. The second-order valence-electron chi connectivity index (χ2n) is 3.42. The van der Waals surface area contributed by atoms with Gasteiger partial charge in [0.15, 0.2) is 0 Å². The van der Waals surface area contributed by atoms with Crippen molar-refractivity contribution in [3.63, 3.8) is 0 Å². The summed E-state index contributed by atoms with van der Waals surface area (Å²) in [5.74, 6) is 1.40. The summed E-state index contributed by atoms with van der Waals surface area (Å²) in [6.45, 7) is 0. The van der Waals surface area contributed by atoms with Crippen LogP contribution in [0, 0.1) is 5.41 Å². The Morgan fingerprint density at radius 3 is 2.47 bits per heavy atom. The maximum atomic E-state index is 7.28. The number of pyridine rings is 1. The molecule has 0 spiro atoms. The molecule has 0 atom stereocenters. The SMILES string of the molecule is N=Cc1c(Oc2ccc(N)cc2)ccnc1N. The van der Waals surface area contributed by atoms with Gasteiger partial charge in [-0.15, -0.1) is 0 Å². The Morgan fingerprint density at radius 1 is 1.12 bits per heavy atom. The number of nitrogens with one attached hydrogen (secondary N) is 1. The highest BCUT2D eigenvalue weighted by atomic mass is 16.5. The largest absolute Gasteiger partial charge is 0.456 e. The first-order valence-corrected chi connectivity index (χ1v) is 4.99. The molecule has 0 radical (unpaired) electrons. The first-order chi connectivity index (χ1) is 8.20. The van der Waals surface area contributed by atoms with Gasteiger partial charge in [-0.05, 0) is 30.3 Å². The molecule has 17 heavy (non-hydrogen) atoms. The minimum Gasteiger partial charge on any atom is -0.456 e. The fraction of sp³-hybridized carbons (Fsp3) is 0. The Morgan fingerprint density at radius 2 is 1.82 bits per heavy atom. The second kappa shape index (κ2) is 4.52.